The molecule has 14 nitrogen and oxygen atoms in total. The molecule has 2 aromatic carbocycles. The lowest BCUT2D eigenvalue weighted by molar-refractivity contribution is 0.0946. The monoisotopic (exact) mass is 473 g/mol. The maximum absolute atomic E-state index is 12.8. The lowest BCUT2D eigenvalue weighted by atomic mass is 10.1. The minimum atomic E-state index is -0.561. The van der Waals surface area contributed by atoms with Crippen LogP contribution in [0.2, 0.25) is 0 Å². The molecule has 0 spiro atoms. The van der Waals surface area contributed by atoms with Gasteiger partial charge in [-0.1, -0.05) is 22.6 Å². The number of nitrogens with two attached hydrogens (primary N) is 1. The van der Waals surface area contributed by atoms with Gasteiger partial charge in [0, 0.05) is 5.56 Å². The Labute approximate surface area is 197 Å². The molecule has 5 rings (SSSR count). The van der Waals surface area contributed by atoms with Gasteiger partial charge in [0.2, 0.25) is 11.6 Å². The second-order valence-electron chi connectivity index (χ2n) is 7.41. The average Bonchev–Trinajstić information content (AvgIpc) is 3.58. The van der Waals surface area contributed by atoms with E-state index in [9.17, 15) is 4.79 Å². The first-order chi connectivity index (χ1) is 17.0. The lowest BCUT2D eigenvalue weighted by Gasteiger charge is -2.10. The van der Waals surface area contributed by atoms with Crippen LogP contribution in [0.15, 0.2) is 52.2 Å². The maximum Gasteiger partial charge on any atom is 0.292 e. The van der Waals surface area contributed by atoms with E-state index in [1.54, 1.807) is 18.7 Å². The van der Waals surface area contributed by atoms with Crippen molar-refractivity contribution < 1.29 is 14.2 Å². The fraction of sp³-hybridized carbons (Fsp3) is 0.143. The van der Waals surface area contributed by atoms with Gasteiger partial charge in [0.05, 0.1) is 31.1 Å². The van der Waals surface area contributed by atoms with Gasteiger partial charge in [0.1, 0.15) is 11.3 Å². The molecule has 0 atom stereocenters. The summed E-state index contributed by atoms with van der Waals surface area (Å²) in [6.45, 7) is 2.06. The van der Waals surface area contributed by atoms with E-state index in [0.29, 0.717) is 18.0 Å². The number of hydrogen-bond donors (Lipinski definition) is 2. The third-order valence-corrected chi connectivity index (χ3v) is 5.17. The number of nitrogens with one attached hydrogen (secondary N) is 1. The van der Waals surface area contributed by atoms with Gasteiger partial charge < -0.3 is 10.5 Å². The smallest absolute Gasteiger partial charge is 0.292 e. The molecular weight excluding hydrogens is 454 g/mol. The highest BCUT2D eigenvalue weighted by molar-refractivity contribution is 5.94. The number of nitrogens with zero attached hydrogens (tertiary/aromatic N) is 9. The summed E-state index contributed by atoms with van der Waals surface area (Å²) in [4.78, 5) is 12.8. The standard InChI is InChI=1S/C21H19N11O3/c1-12-18(32(30-24-12)20-19(22)27-35-28-20)21(33)26-23-10-13-7-8-17(34-2)14(9-13)11-31-16-6-4-3-5-15(16)25-29-31/h3-10H,11H2,1-2H3,(H2,22,27)(H,26,33)/b23-10-. The minimum absolute atomic E-state index is 0.0293. The summed E-state index contributed by atoms with van der Waals surface area (Å²) in [5.41, 5.74) is 11.9. The highest BCUT2D eigenvalue weighted by Crippen LogP contribution is 2.22. The first-order valence-electron chi connectivity index (χ1n) is 10.3. The SMILES string of the molecule is COc1ccc(/C=N\NC(=O)c2c(C)nnn2-c2nonc2N)cc1Cn1nnc2ccccc21. The van der Waals surface area contributed by atoms with Crippen molar-refractivity contribution in [3.63, 3.8) is 0 Å². The number of carbonyl (C=O) groups is 1. The number of anilines is 1. The second kappa shape index (κ2) is 9.01. The van der Waals surface area contributed by atoms with E-state index in [4.69, 9.17) is 10.5 Å². The Kier molecular flexibility index (Phi) is 5.58. The van der Waals surface area contributed by atoms with Crippen molar-refractivity contribution in [2.45, 2.75) is 13.5 Å². The number of rotatable bonds is 7. The Bertz CT molecular complexity index is 1550. The average molecular weight is 473 g/mol. The van der Waals surface area contributed by atoms with Gasteiger partial charge in [-0.05, 0) is 53.1 Å². The number of aryl methyl sites for hydroxylation is 1. The first-order valence-corrected chi connectivity index (χ1v) is 10.3. The number of para-hydroxylation sites is 1. The highest BCUT2D eigenvalue weighted by atomic mass is 16.6. The number of methoxy groups -OCH3 is 1. The van der Waals surface area contributed by atoms with Crippen LogP contribution in [0.25, 0.3) is 16.9 Å². The number of fused-ring (bicyclic) bond motifs is 1. The van der Waals surface area contributed by atoms with Gasteiger partial charge in [-0.15, -0.1) is 10.2 Å². The van der Waals surface area contributed by atoms with Crippen LogP contribution < -0.4 is 15.9 Å². The zero-order chi connectivity index (χ0) is 24.4. The van der Waals surface area contributed by atoms with Crippen LogP contribution in [0.4, 0.5) is 5.82 Å². The highest BCUT2D eigenvalue weighted by Gasteiger charge is 2.22. The summed E-state index contributed by atoms with van der Waals surface area (Å²) in [6, 6.07) is 13.2. The Balaban J connectivity index is 1.35. The van der Waals surface area contributed by atoms with Crippen LogP contribution in [0, 0.1) is 6.92 Å². The first kappa shape index (κ1) is 21.7. The predicted molar refractivity (Wildman–Crippen MR) is 123 cm³/mol. The van der Waals surface area contributed by atoms with Gasteiger partial charge in [-0.2, -0.15) is 9.78 Å². The van der Waals surface area contributed by atoms with E-state index in [1.807, 2.05) is 42.5 Å². The second-order valence-corrected chi connectivity index (χ2v) is 7.41. The van der Waals surface area contributed by atoms with E-state index in [2.05, 4.69) is 46.1 Å². The Morgan fingerprint density at radius 3 is 2.86 bits per heavy atom. The molecule has 0 saturated carbocycles. The van der Waals surface area contributed by atoms with Crippen molar-refractivity contribution >= 4 is 29.0 Å². The Morgan fingerprint density at radius 2 is 2.06 bits per heavy atom. The molecule has 14 heteroatoms. The van der Waals surface area contributed by atoms with Crippen molar-refractivity contribution in [1.29, 1.82) is 0 Å². The largest absolute Gasteiger partial charge is 0.496 e. The van der Waals surface area contributed by atoms with E-state index in [0.717, 1.165) is 26.8 Å². The summed E-state index contributed by atoms with van der Waals surface area (Å²) in [7, 11) is 1.60. The molecule has 3 aromatic heterocycles. The maximum atomic E-state index is 12.8. The topological polar surface area (TPSA) is 177 Å². The lowest BCUT2D eigenvalue weighted by Crippen LogP contribution is -2.22. The summed E-state index contributed by atoms with van der Waals surface area (Å²) < 4.78 is 13.0. The Morgan fingerprint density at radius 1 is 1.20 bits per heavy atom. The van der Waals surface area contributed by atoms with Crippen molar-refractivity contribution in [3.05, 3.63) is 65.0 Å². The number of hydrazone groups is 1. The number of hydrogen-bond acceptors (Lipinski definition) is 11. The van der Waals surface area contributed by atoms with Gasteiger partial charge in [-0.25, -0.2) is 14.7 Å². The van der Waals surface area contributed by atoms with E-state index >= 15 is 0 Å². The number of benzene rings is 2. The zero-order valence-electron chi connectivity index (χ0n) is 18.7. The minimum Gasteiger partial charge on any atom is -0.496 e. The summed E-state index contributed by atoms with van der Waals surface area (Å²) in [5, 5.41) is 27.4. The van der Waals surface area contributed by atoms with Crippen molar-refractivity contribution in [1.82, 2.24) is 45.7 Å². The van der Waals surface area contributed by atoms with Gasteiger partial charge in [-0.3, -0.25) is 4.79 Å². The number of amides is 1. The quantitative estimate of drug-likeness (QED) is 0.257. The molecule has 5 aromatic rings. The predicted octanol–water partition coefficient (Wildman–Crippen LogP) is 1.11. The summed E-state index contributed by atoms with van der Waals surface area (Å²) >= 11 is 0. The van der Waals surface area contributed by atoms with Crippen LogP contribution >= 0.6 is 0 Å². The van der Waals surface area contributed by atoms with Crippen LogP contribution in [0.3, 0.4) is 0 Å². The molecule has 0 aliphatic carbocycles. The van der Waals surface area contributed by atoms with Crippen molar-refractivity contribution in [3.8, 4) is 11.6 Å². The molecule has 0 aliphatic rings. The van der Waals surface area contributed by atoms with E-state index in [-0.39, 0.29) is 17.3 Å². The molecule has 1 amide bonds. The fourth-order valence-corrected chi connectivity index (χ4v) is 3.52. The molecule has 0 aliphatic heterocycles. The van der Waals surface area contributed by atoms with E-state index in [1.165, 1.54) is 6.21 Å². The molecule has 0 radical (unpaired) electrons. The summed E-state index contributed by atoms with van der Waals surface area (Å²) in [6.07, 6.45) is 1.51. The fourth-order valence-electron chi connectivity index (χ4n) is 3.52. The molecule has 0 bridgehead atoms. The molecule has 0 saturated heterocycles. The molecule has 35 heavy (non-hydrogen) atoms. The van der Waals surface area contributed by atoms with Crippen LogP contribution in [-0.4, -0.2) is 59.5 Å². The molecule has 3 heterocycles. The number of carbonyl (C=O) groups excluding carboxylic acids is 1. The molecular formula is C21H19N11O3. The number of ether oxygens (including phenoxy) is 1. The van der Waals surface area contributed by atoms with Crippen molar-refractivity contribution in [2.75, 3.05) is 12.8 Å². The summed E-state index contributed by atoms with van der Waals surface area (Å²) in [5.74, 6) is 0.155. The van der Waals surface area contributed by atoms with Gasteiger partial charge in [0.25, 0.3) is 5.91 Å². The van der Waals surface area contributed by atoms with Gasteiger partial charge >= 0.3 is 0 Å². The van der Waals surface area contributed by atoms with Crippen LogP contribution in [-0.2, 0) is 6.54 Å². The van der Waals surface area contributed by atoms with Gasteiger partial charge in [0.15, 0.2) is 5.69 Å². The molecule has 0 unspecified atom stereocenters. The van der Waals surface area contributed by atoms with Crippen molar-refractivity contribution in [2.24, 2.45) is 5.10 Å². The third kappa shape index (κ3) is 4.15. The Hall–Kier alpha value is -5.14. The molecule has 0 fully saturated rings. The van der Waals surface area contributed by atoms with Crippen LogP contribution in [0.1, 0.15) is 27.3 Å². The zero-order valence-corrected chi connectivity index (χ0v) is 18.7. The third-order valence-electron chi connectivity index (χ3n) is 5.17. The molecule has 176 valence electrons. The normalized spacial score (nSPS) is 11.4. The number of nitrogen functional groups attached to an aromatic ring is 1. The van der Waals surface area contributed by atoms with E-state index < -0.39 is 5.91 Å². The number of aromatic nitrogens is 8. The van der Waals surface area contributed by atoms with Crippen LogP contribution in [0.5, 0.6) is 5.75 Å². The molecule has 3 N–H and O–H groups in total.